The third-order valence-corrected chi connectivity index (χ3v) is 4.03. The number of Topliss-reactive ketones (excluding diaryl/α,β-unsaturated/α-hetero) is 1. The van der Waals surface area contributed by atoms with Crippen LogP contribution in [0.15, 0.2) is 66.9 Å². The summed E-state index contributed by atoms with van der Waals surface area (Å²) in [6.45, 7) is 2.27. The molecule has 0 saturated heterocycles. The monoisotopic (exact) mass is 348 g/mol. The van der Waals surface area contributed by atoms with Gasteiger partial charge in [0.25, 0.3) is 5.91 Å². The van der Waals surface area contributed by atoms with Crippen molar-refractivity contribution in [2.45, 2.75) is 20.1 Å². The van der Waals surface area contributed by atoms with E-state index in [9.17, 15) is 9.59 Å². The van der Waals surface area contributed by atoms with E-state index in [4.69, 9.17) is 4.74 Å². The number of aromatic amines is 1. The number of para-hydroxylation sites is 1. The van der Waals surface area contributed by atoms with Crippen molar-refractivity contribution in [2.75, 3.05) is 0 Å². The highest BCUT2D eigenvalue weighted by atomic mass is 16.5. The molecule has 5 nitrogen and oxygen atoms in total. The van der Waals surface area contributed by atoms with Gasteiger partial charge in [-0.25, -0.2) is 0 Å². The molecular weight excluding hydrogens is 328 g/mol. The lowest BCUT2D eigenvalue weighted by molar-refractivity contribution is 0.0946. The Kier molecular flexibility index (Phi) is 5.49. The predicted octanol–water partition coefficient (Wildman–Crippen LogP) is 3.73. The van der Waals surface area contributed by atoms with Crippen molar-refractivity contribution in [3.8, 4) is 5.75 Å². The SMILES string of the molecule is CC(=O)c1c[nH]c(C(=O)NCc2ccccc2COc2ccccc2)c1. The minimum atomic E-state index is -0.253. The Hall–Kier alpha value is -3.34. The number of ketones is 1. The van der Waals surface area contributed by atoms with Gasteiger partial charge in [0.1, 0.15) is 18.1 Å². The Morgan fingerprint density at radius 3 is 2.38 bits per heavy atom. The summed E-state index contributed by atoms with van der Waals surface area (Å²) in [6, 6.07) is 19.0. The van der Waals surface area contributed by atoms with Gasteiger partial charge in [-0.15, -0.1) is 0 Å². The van der Waals surface area contributed by atoms with Crippen molar-refractivity contribution in [3.05, 3.63) is 89.2 Å². The number of H-pyrrole nitrogens is 1. The second-order valence-electron chi connectivity index (χ2n) is 5.91. The molecule has 2 N–H and O–H groups in total. The minimum absolute atomic E-state index is 0.0799. The number of nitrogens with one attached hydrogen (secondary N) is 2. The molecule has 0 saturated carbocycles. The van der Waals surface area contributed by atoms with Crippen LogP contribution in [0.4, 0.5) is 0 Å². The topological polar surface area (TPSA) is 71.2 Å². The third-order valence-electron chi connectivity index (χ3n) is 4.03. The van der Waals surface area contributed by atoms with E-state index in [-0.39, 0.29) is 11.7 Å². The molecule has 0 radical (unpaired) electrons. The van der Waals surface area contributed by atoms with Gasteiger partial charge in [0.15, 0.2) is 5.78 Å². The lowest BCUT2D eigenvalue weighted by Crippen LogP contribution is -2.23. The minimum Gasteiger partial charge on any atom is -0.489 e. The highest BCUT2D eigenvalue weighted by molar-refractivity contribution is 5.99. The van der Waals surface area contributed by atoms with Gasteiger partial charge >= 0.3 is 0 Å². The fourth-order valence-electron chi connectivity index (χ4n) is 2.55. The summed E-state index contributed by atoms with van der Waals surface area (Å²) in [6.07, 6.45) is 1.54. The van der Waals surface area contributed by atoms with Crippen LogP contribution in [0.3, 0.4) is 0 Å². The van der Waals surface area contributed by atoms with Gasteiger partial charge in [-0.2, -0.15) is 0 Å². The van der Waals surface area contributed by atoms with Gasteiger partial charge in [-0.05, 0) is 36.2 Å². The molecule has 1 aromatic heterocycles. The lowest BCUT2D eigenvalue weighted by atomic mass is 10.1. The Morgan fingerprint density at radius 2 is 1.69 bits per heavy atom. The van der Waals surface area contributed by atoms with Gasteiger partial charge < -0.3 is 15.0 Å². The maximum Gasteiger partial charge on any atom is 0.267 e. The first-order chi connectivity index (χ1) is 12.6. The molecule has 26 heavy (non-hydrogen) atoms. The Bertz CT molecular complexity index is 900. The number of carbonyl (C=O) groups is 2. The fourth-order valence-corrected chi connectivity index (χ4v) is 2.55. The van der Waals surface area contributed by atoms with Crippen molar-refractivity contribution in [2.24, 2.45) is 0 Å². The summed E-state index contributed by atoms with van der Waals surface area (Å²) >= 11 is 0. The molecule has 3 rings (SSSR count). The van der Waals surface area contributed by atoms with Gasteiger partial charge in [-0.3, -0.25) is 9.59 Å². The maximum absolute atomic E-state index is 12.3. The molecular formula is C21H20N2O3. The standard InChI is InChI=1S/C21H20N2O3/c1-15(24)18-11-20(22-13-18)21(25)23-12-16-7-5-6-8-17(16)14-26-19-9-3-2-4-10-19/h2-11,13,22H,12,14H2,1H3,(H,23,25). The predicted molar refractivity (Wildman–Crippen MR) is 99.2 cm³/mol. The van der Waals surface area contributed by atoms with E-state index in [0.717, 1.165) is 16.9 Å². The number of carbonyl (C=O) groups excluding carboxylic acids is 2. The maximum atomic E-state index is 12.3. The number of aromatic nitrogens is 1. The molecule has 1 amide bonds. The van der Waals surface area contributed by atoms with Gasteiger partial charge in [-0.1, -0.05) is 42.5 Å². The largest absolute Gasteiger partial charge is 0.489 e. The summed E-state index contributed by atoms with van der Waals surface area (Å²) < 4.78 is 5.80. The first-order valence-corrected chi connectivity index (χ1v) is 8.35. The number of amides is 1. The van der Waals surface area contributed by atoms with Gasteiger partial charge in [0.2, 0.25) is 0 Å². The Morgan fingerprint density at radius 1 is 1.00 bits per heavy atom. The number of benzene rings is 2. The van der Waals surface area contributed by atoms with Crippen molar-refractivity contribution in [1.29, 1.82) is 0 Å². The van der Waals surface area contributed by atoms with Crippen LogP contribution in [-0.2, 0) is 13.2 Å². The molecule has 3 aromatic rings. The summed E-state index contributed by atoms with van der Waals surface area (Å²) in [7, 11) is 0. The smallest absolute Gasteiger partial charge is 0.267 e. The van der Waals surface area contributed by atoms with E-state index in [1.807, 2.05) is 54.6 Å². The highest BCUT2D eigenvalue weighted by Crippen LogP contribution is 2.15. The molecule has 0 aliphatic rings. The van der Waals surface area contributed by atoms with Gasteiger partial charge in [0, 0.05) is 18.3 Å². The number of ether oxygens (including phenoxy) is 1. The molecule has 0 fully saturated rings. The zero-order chi connectivity index (χ0) is 18.4. The second kappa shape index (κ2) is 8.16. The summed E-state index contributed by atoms with van der Waals surface area (Å²) in [5.74, 6) is 0.467. The van der Waals surface area contributed by atoms with Crippen LogP contribution in [0.25, 0.3) is 0 Å². The average molecular weight is 348 g/mol. The lowest BCUT2D eigenvalue weighted by Gasteiger charge is -2.12. The van der Waals surface area contributed by atoms with E-state index in [1.54, 1.807) is 12.3 Å². The van der Waals surface area contributed by atoms with E-state index < -0.39 is 0 Å². The highest BCUT2D eigenvalue weighted by Gasteiger charge is 2.11. The molecule has 1 heterocycles. The zero-order valence-electron chi connectivity index (χ0n) is 14.5. The Labute approximate surface area is 152 Å². The van der Waals surface area contributed by atoms with E-state index in [2.05, 4.69) is 10.3 Å². The van der Waals surface area contributed by atoms with Gasteiger partial charge in [0.05, 0.1) is 0 Å². The van der Waals surface area contributed by atoms with Crippen LogP contribution < -0.4 is 10.1 Å². The molecule has 0 aliphatic heterocycles. The first kappa shape index (κ1) is 17.5. The summed E-state index contributed by atoms with van der Waals surface area (Å²) in [4.78, 5) is 26.4. The van der Waals surface area contributed by atoms with E-state index in [1.165, 1.54) is 6.92 Å². The number of rotatable bonds is 7. The van der Waals surface area contributed by atoms with Crippen LogP contribution in [0.5, 0.6) is 5.75 Å². The quantitative estimate of drug-likeness (QED) is 0.639. The van der Waals surface area contributed by atoms with E-state index in [0.29, 0.717) is 24.4 Å². The number of hydrogen-bond donors (Lipinski definition) is 2. The molecule has 132 valence electrons. The van der Waals surface area contributed by atoms with Crippen LogP contribution >= 0.6 is 0 Å². The van der Waals surface area contributed by atoms with Crippen molar-refractivity contribution in [3.63, 3.8) is 0 Å². The number of hydrogen-bond acceptors (Lipinski definition) is 3. The average Bonchev–Trinajstić information content (AvgIpc) is 3.16. The molecule has 0 atom stereocenters. The summed E-state index contributed by atoms with van der Waals surface area (Å²) in [5, 5.41) is 2.87. The first-order valence-electron chi connectivity index (χ1n) is 8.35. The summed E-state index contributed by atoms with van der Waals surface area (Å²) in [5.41, 5.74) is 2.85. The fraction of sp³-hybridized carbons (Fsp3) is 0.143. The molecule has 0 aliphatic carbocycles. The molecule has 0 bridgehead atoms. The zero-order valence-corrected chi connectivity index (χ0v) is 14.5. The van der Waals surface area contributed by atoms with Crippen molar-refractivity contribution >= 4 is 11.7 Å². The van der Waals surface area contributed by atoms with E-state index >= 15 is 0 Å². The Balaban J connectivity index is 1.62. The molecule has 0 spiro atoms. The van der Waals surface area contributed by atoms with Crippen LogP contribution in [0.2, 0.25) is 0 Å². The molecule has 0 unspecified atom stereocenters. The van der Waals surface area contributed by atoms with Crippen molar-refractivity contribution in [1.82, 2.24) is 10.3 Å². The molecule has 2 aromatic carbocycles. The third kappa shape index (κ3) is 4.39. The van der Waals surface area contributed by atoms with Crippen LogP contribution in [0.1, 0.15) is 38.9 Å². The van der Waals surface area contributed by atoms with Crippen molar-refractivity contribution < 1.29 is 14.3 Å². The normalized spacial score (nSPS) is 10.3. The van der Waals surface area contributed by atoms with Crippen LogP contribution in [0, 0.1) is 0 Å². The second-order valence-corrected chi connectivity index (χ2v) is 5.91. The van der Waals surface area contributed by atoms with Crippen LogP contribution in [-0.4, -0.2) is 16.7 Å². The molecule has 5 heteroatoms.